The topological polar surface area (TPSA) is 12.0 Å². The molecule has 1 N–H and O–H groups in total. The van der Waals surface area contributed by atoms with Gasteiger partial charge in [0.25, 0.3) is 0 Å². The maximum atomic E-state index is 13.2. The van der Waals surface area contributed by atoms with Crippen LogP contribution in [0.4, 0.5) is 27.6 Å². The molecule has 112 valence electrons. The van der Waals surface area contributed by atoms with Crippen LogP contribution < -0.4 is 5.32 Å². The largest absolute Gasteiger partial charge is 0.416 e. The smallest absolute Gasteiger partial charge is 0.381 e. The van der Waals surface area contributed by atoms with Gasteiger partial charge in [0.2, 0.25) is 0 Å². The van der Waals surface area contributed by atoms with Crippen molar-refractivity contribution in [2.24, 2.45) is 0 Å². The van der Waals surface area contributed by atoms with Gasteiger partial charge in [-0.15, -0.1) is 0 Å². The van der Waals surface area contributed by atoms with E-state index in [1.54, 1.807) is 0 Å². The maximum Gasteiger partial charge on any atom is 0.416 e. The highest BCUT2D eigenvalue weighted by molar-refractivity contribution is 6.30. The zero-order valence-corrected chi connectivity index (χ0v) is 11.2. The molecule has 0 aliphatic rings. The summed E-state index contributed by atoms with van der Waals surface area (Å²) < 4.78 is 64.6. The van der Waals surface area contributed by atoms with E-state index in [9.17, 15) is 22.0 Å². The summed E-state index contributed by atoms with van der Waals surface area (Å²) in [4.78, 5) is 0. The Hall–Kier alpha value is -1.82. The first kappa shape index (κ1) is 15.6. The first-order chi connectivity index (χ1) is 9.77. The van der Waals surface area contributed by atoms with Gasteiger partial charge in [-0.05, 0) is 35.9 Å². The SMILES string of the molecule is Fc1ccc(CNc2ccc(Cl)c(F)c2)c(C(F)(F)F)c1. The van der Waals surface area contributed by atoms with Gasteiger partial charge in [-0.2, -0.15) is 13.2 Å². The molecule has 0 heterocycles. The van der Waals surface area contributed by atoms with Gasteiger partial charge in [-0.25, -0.2) is 8.78 Å². The first-order valence-electron chi connectivity index (χ1n) is 5.82. The van der Waals surface area contributed by atoms with Crippen molar-refractivity contribution in [1.82, 2.24) is 0 Å². The fourth-order valence-corrected chi connectivity index (χ4v) is 1.89. The second-order valence-corrected chi connectivity index (χ2v) is 4.69. The van der Waals surface area contributed by atoms with E-state index < -0.39 is 23.4 Å². The van der Waals surface area contributed by atoms with Crippen molar-refractivity contribution in [3.8, 4) is 0 Å². The molecule has 2 aromatic rings. The number of hydrogen-bond donors (Lipinski definition) is 1. The van der Waals surface area contributed by atoms with Crippen LogP contribution in [0.2, 0.25) is 5.02 Å². The van der Waals surface area contributed by atoms with E-state index in [-0.39, 0.29) is 22.8 Å². The minimum atomic E-state index is -4.66. The van der Waals surface area contributed by atoms with Gasteiger partial charge >= 0.3 is 6.18 Å². The van der Waals surface area contributed by atoms with E-state index in [0.29, 0.717) is 6.07 Å². The molecule has 0 aliphatic carbocycles. The Morgan fingerprint density at radius 1 is 1.00 bits per heavy atom. The molecule has 0 amide bonds. The van der Waals surface area contributed by atoms with E-state index in [4.69, 9.17) is 11.6 Å². The lowest BCUT2D eigenvalue weighted by molar-refractivity contribution is -0.138. The van der Waals surface area contributed by atoms with Crippen LogP contribution in [0.5, 0.6) is 0 Å². The van der Waals surface area contributed by atoms with Gasteiger partial charge in [0.05, 0.1) is 10.6 Å². The molecule has 0 aromatic heterocycles. The molecule has 7 heteroatoms. The maximum absolute atomic E-state index is 13.2. The third-order valence-electron chi connectivity index (χ3n) is 2.78. The molecule has 0 bridgehead atoms. The predicted octanol–water partition coefficient (Wildman–Crippen LogP) is 5.25. The Labute approximate surface area is 122 Å². The third kappa shape index (κ3) is 3.85. The monoisotopic (exact) mass is 321 g/mol. The average molecular weight is 322 g/mol. The molecule has 0 unspecified atom stereocenters. The number of halogens is 6. The summed E-state index contributed by atoms with van der Waals surface area (Å²) >= 11 is 5.51. The van der Waals surface area contributed by atoms with Crippen LogP contribution in [-0.2, 0) is 12.7 Å². The number of hydrogen-bond acceptors (Lipinski definition) is 1. The second-order valence-electron chi connectivity index (χ2n) is 4.28. The molecule has 0 saturated heterocycles. The van der Waals surface area contributed by atoms with Crippen molar-refractivity contribution in [1.29, 1.82) is 0 Å². The lowest BCUT2D eigenvalue weighted by atomic mass is 10.1. The van der Waals surface area contributed by atoms with Crippen LogP contribution in [0.25, 0.3) is 0 Å². The lowest BCUT2D eigenvalue weighted by Crippen LogP contribution is -2.12. The molecular formula is C14H9ClF5N. The van der Waals surface area contributed by atoms with Crippen LogP contribution in [-0.4, -0.2) is 0 Å². The van der Waals surface area contributed by atoms with Gasteiger partial charge in [0, 0.05) is 12.2 Å². The van der Waals surface area contributed by atoms with Crippen molar-refractivity contribution in [3.63, 3.8) is 0 Å². The number of nitrogens with one attached hydrogen (secondary N) is 1. The minimum absolute atomic E-state index is 0.0849. The number of rotatable bonds is 3. The van der Waals surface area contributed by atoms with Crippen LogP contribution in [0.15, 0.2) is 36.4 Å². The van der Waals surface area contributed by atoms with E-state index in [0.717, 1.165) is 18.2 Å². The van der Waals surface area contributed by atoms with Gasteiger partial charge in [-0.1, -0.05) is 17.7 Å². The summed E-state index contributed by atoms with van der Waals surface area (Å²) in [6.07, 6.45) is -4.66. The zero-order chi connectivity index (χ0) is 15.6. The molecule has 0 atom stereocenters. The molecule has 0 spiro atoms. The molecule has 2 rings (SSSR count). The van der Waals surface area contributed by atoms with Gasteiger partial charge in [0.1, 0.15) is 11.6 Å². The second kappa shape index (κ2) is 5.89. The van der Waals surface area contributed by atoms with Crippen molar-refractivity contribution in [2.45, 2.75) is 12.7 Å². The fourth-order valence-electron chi connectivity index (χ4n) is 1.77. The molecule has 1 nitrogen and oxygen atoms in total. The van der Waals surface area contributed by atoms with Crippen molar-refractivity contribution in [2.75, 3.05) is 5.32 Å². The van der Waals surface area contributed by atoms with E-state index >= 15 is 0 Å². The summed E-state index contributed by atoms with van der Waals surface area (Å²) in [6, 6.07) is 6.20. The summed E-state index contributed by atoms with van der Waals surface area (Å²) in [5.74, 6) is -1.65. The van der Waals surface area contributed by atoms with Crippen LogP contribution in [0.1, 0.15) is 11.1 Å². The van der Waals surface area contributed by atoms with Gasteiger partial charge < -0.3 is 5.32 Å². The summed E-state index contributed by atoms with van der Waals surface area (Å²) in [5.41, 5.74) is -0.932. The molecule has 0 radical (unpaired) electrons. The van der Waals surface area contributed by atoms with Crippen LogP contribution in [0, 0.1) is 11.6 Å². The molecule has 0 saturated carbocycles. The molecule has 2 aromatic carbocycles. The first-order valence-corrected chi connectivity index (χ1v) is 6.20. The zero-order valence-electron chi connectivity index (χ0n) is 10.4. The minimum Gasteiger partial charge on any atom is -0.381 e. The highest BCUT2D eigenvalue weighted by Crippen LogP contribution is 2.33. The normalized spacial score (nSPS) is 11.5. The Bertz CT molecular complexity index is 654. The molecular weight excluding hydrogens is 313 g/mol. The highest BCUT2D eigenvalue weighted by Gasteiger charge is 2.33. The van der Waals surface area contributed by atoms with E-state index in [1.165, 1.54) is 12.1 Å². The Balaban J connectivity index is 2.22. The number of benzene rings is 2. The molecule has 21 heavy (non-hydrogen) atoms. The third-order valence-corrected chi connectivity index (χ3v) is 3.09. The Morgan fingerprint density at radius 2 is 1.71 bits per heavy atom. The van der Waals surface area contributed by atoms with Gasteiger partial charge in [0.15, 0.2) is 0 Å². The highest BCUT2D eigenvalue weighted by atomic mass is 35.5. The average Bonchev–Trinajstić information content (AvgIpc) is 2.40. The van der Waals surface area contributed by atoms with Crippen molar-refractivity contribution in [3.05, 3.63) is 64.2 Å². The molecule has 0 fully saturated rings. The number of anilines is 1. The van der Waals surface area contributed by atoms with Crippen LogP contribution in [0.3, 0.4) is 0 Å². The standard InChI is InChI=1S/C14H9ClF5N/c15-12-4-3-10(6-13(12)17)21-7-8-1-2-9(16)5-11(8)14(18,19)20/h1-6,21H,7H2. The van der Waals surface area contributed by atoms with Crippen molar-refractivity contribution >= 4 is 17.3 Å². The van der Waals surface area contributed by atoms with Gasteiger partial charge in [-0.3, -0.25) is 0 Å². The Kier molecular flexibility index (Phi) is 4.37. The summed E-state index contributed by atoms with van der Waals surface area (Å²) in [5, 5.41) is 2.55. The predicted molar refractivity (Wildman–Crippen MR) is 70.1 cm³/mol. The summed E-state index contributed by atoms with van der Waals surface area (Å²) in [7, 11) is 0. The van der Waals surface area contributed by atoms with Crippen LogP contribution >= 0.6 is 11.6 Å². The van der Waals surface area contributed by atoms with E-state index in [2.05, 4.69) is 5.32 Å². The Morgan fingerprint density at radius 3 is 2.33 bits per heavy atom. The van der Waals surface area contributed by atoms with E-state index in [1.807, 2.05) is 0 Å². The quantitative estimate of drug-likeness (QED) is 0.761. The fraction of sp³-hybridized carbons (Fsp3) is 0.143. The summed E-state index contributed by atoms with van der Waals surface area (Å²) in [6.45, 7) is -0.226. The molecule has 0 aliphatic heterocycles. The van der Waals surface area contributed by atoms with Crippen molar-refractivity contribution < 1.29 is 22.0 Å². The number of alkyl halides is 3. The lowest BCUT2D eigenvalue weighted by Gasteiger charge is -2.14.